The van der Waals surface area contributed by atoms with E-state index >= 15 is 0 Å². The minimum atomic E-state index is 0.319. The van der Waals surface area contributed by atoms with Crippen LogP contribution < -0.4 is 0 Å². The van der Waals surface area contributed by atoms with Gasteiger partial charge in [-0.05, 0) is 19.4 Å². The van der Waals surface area contributed by atoms with Crippen LogP contribution in [0.4, 0.5) is 0 Å². The fraction of sp³-hybridized carbons (Fsp3) is 0.769. The molecule has 5 heteroatoms. The van der Waals surface area contributed by atoms with Gasteiger partial charge in [0, 0.05) is 52.2 Å². The van der Waals surface area contributed by atoms with E-state index in [0.29, 0.717) is 6.61 Å². The molecule has 0 spiro atoms. The van der Waals surface area contributed by atoms with Crippen LogP contribution in [0.1, 0.15) is 18.7 Å². The standard InChI is InChI=1S/C13H24N4O/c1-15-6-4-14-13(15)12-17-9-7-16(8-10-17)5-2-3-11-18/h4,6,18H,2-3,5,7-12H2,1H3. The van der Waals surface area contributed by atoms with Crippen molar-refractivity contribution >= 4 is 0 Å². The summed E-state index contributed by atoms with van der Waals surface area (Å²) in [6, 6.07) is 0. The van der Waals surface area contributed by atoms with Gasteiger partial charge in [0.05, 0.1) is 6.54 Å². The van der Waals surface area contributed by atoms with Crippen LogP contribution in [0.3, 0.4) is 0 Å². The van der Waals surface area contributed by atoms with Gasteiger partial charge in [0.1, 0.15) is 5.82 Å². The molecule has 0 aromatic carbocycles. The van der Waals surface area contributed by atoms with Gasteiger partial charge in [-0.1, -0.05) is 0 Å². The molecule has 1 aliphatic rings. The Bertz CT molecular complexity index is 345. The lowest BCUT2D eigenvalue weighted by molar-refractivity contribution is 0.121. The first-order valence-electron chi connectivity index (χ1n) is 6.81. The number of aromatic nitrogens is 2. The third kappa shape index (κ3) is 3.80. The molecule has 0 aliphatic carbocycles. The highest BCUT2D eigenvalue weighted by atomic mass is 16.2. The Hall–Kier alpha value is -0.910. The van der Waals surface area contributed by atoms with Crippen molar-refractivity contribution in [2.75, 3.05) is 39.3 Å². The van der Waals surface area contributed by atoms with Gasteiger partial charge >= 0.3 is 0 Å². The highest BCUT2D eigenvalue weighted by Gasteiger charge is 2.17. The van der Waals surface area contributed by atoms with Crippen LogP contribution in [0.2, 0.25) is 0 Å². The van der Waals surface area contributed by atoms with Crippen LogP contribution >= 0.6 is 0 Å². The fourth-order valence-corrected chi connectivity index (χ4v) is 2.37. The van der Waals surface area contributed by atoms with Gasteiger partial charge in [-0.3, -0.25) is 4.90 Å². The number of imidazole rings is 1. The highest BCUT2D eigenvalue weighted by Crippen LogP contribution is 2.07. The Morgan fingerprint density at radius 1 is 1.17 bits per heavy atom. The van der Waals surface area contributed by atoms with Crippen molar-refractivity contribution < 1.29 is 5.11 Å². The van der Waals surface area contributed by atoms with Gasteiger partial charge in [-0.25, -0.2) is 4.98 Å². The largest absolute Gasteiger partial charge is 0.396 e. The second-order valence-corrected chi connectivity index (χ2v) is 5.00. The lowest BCUT2D eigenvalue weighted by Crippen LogP contribution is -2.46. The van der Waals surface area contributed by atoms with Gasteiger partial charge in [-0.2, -0.15) is 0 Å². The number of nitrogens with zero attached hydrogens (tertiary/aromatic N) is 4. The Balaban J connectivity index is 1.69. The van der Waals surface area contributed by atoms with E-state index < -0.39 is 0 Å². The van der Waals surface area contributed by atoms with E-state index in [1.165, 1.54) is 0 Å². The van der Waals surface area contributed by atoms with Crippen molar-refractivity contribution in [3.63, 3.8) is 0 Å². The molecular weight excluding hydrogens is 228 g/mol. The number of piperazine rings is 1. The summed E-state index contributed by atoms with van der Waals surface area (Å²) in [6.07, 6.45) is 5.89. The Labute approximate surface area is 109 Å². The van der Waals surface area contributed by atoms with E-state index in [9.17, 15) is 0 Å². The summed E-state index contributed by atoms with van der Waals surface area (Å²) in [4.78, 5) is 9.32. The van der Waals surface area contributed by atoms with E-state index in [1.807, 2.05) is 19.4 Å². The first-order chi connectivity index (χ1) is 8.79. The quantitative estimate of drug-likeness (QED) is 0.740. The van der Waals surface area contributed by atoms with Gasteiger partial charge in [0.25, 0.3) is 0 Å². The van der Waals surface area contributed by atoms with Crippen LogP contribution in [-0.2, 0) is 13.6 Å². The predicted molar refractivity (Wildman–Crippen MR) is 71.2 cm³/mol. The summed E-state index contributed by atoms with van der Waals surface area (Å²) in [6.45, 7) is 6.90. The van der Waals surface area contributed by atoms with E-state index in [0.717, 1.165) is 57.9 Å². The second-order valence-electron chi connectivity index (χ2n) is 5.00. The summed E-state index contributed by atoms with van der Waals surface area (Å²) in [5, 5.41) is 8.77. The van der Waals surface area contributed by atoms with E-state index in [1.54, 1.807) is 0 Å². The number of rotatable bonds is 6. The Morgan fingerprint density at radius 2 is 1.89 bits per heavy atom. The number of aliphatic hydroxyl groups excluding tert-OH is 1. The highest BCUT2D eigenvalue weighted by molar-refractivity contribution is 4.91. The zero-order valence-electron chi connectivity index (χ0n) is 11.3. The number of aliphatic hydroxyl groups is 1. The van der Waals surface area contributed by atoms with Crippen molar-refractivity contribution in [3.05, 3.63) is 18.2 Å². The molecule has 0 radical (unpaired) electrons. The molecule has 0 unspecified atom stereocenters. The maximum Gasteiger partial charge on any atom is 0.122 e. The zero-order valence-corrected chi connectivity index (χ0v) is 11.3. The average molecular weight is 252 g/mol. The summed E-state index contributed by atoms with van der Waals surface area (Å²) < 4.78 is 2.09. The first kappa shape index (κ1) is 13.5. The average Bonchev–Trinajstić information content (AvgIpc) is 2.78. The molecule has 0 atom stereocenters. The second kappa shape index (κ2) is 6.87. The molecule has 1 aliphatic heterocycles. The number of hydrogen-bond donors (Lipinski definition) is 1. The molecule has 1 saturated heterocycles. The van der Waals surface area contributed by atoms with Crippen molar-refractivity contribution in [1.29, 1.82) is 0 Å². The van der Waals surface area contributed by atoms with Crippen molar-refractivity contribution in [3.8, 4) is 0 Å². The van der Waals surface area contributed by atoms with Gasteiger partial charge in [0.15, 0.2) is 0 Å². The molecule has 1 fully saturated rings. The maximum atomic E-state index is 8.77. The lowest BCUT2D eigenvalue weighted by atomic mass is 10.2. The number of hydrogen-bond acceptors (Lipinski definition) is 4. The monoisotopic (exact) mass is 252 g/mol. The zero-order chi connectivity index (χ0) is 12.8. The lowest BCUT2D eigenvalue weighted by Gasteiger charge is -2.34. The molecule has 2 rings (SSSR count). The third-order valence-corrected chi connectivity index (χ3v) is 3.63. The molecule has 1 aromatic heterocycles. The minimum Gasteiger partial charge on any atom is -0.396 e. The summed E-state index contributed by atoms with van der Waals surface area (Å²) in [5.74, 6) is 1.14. The van der Waals surface area contributed by atoms with E-state index in [2.05, 4.69) is 19.4 Å². The van der Waals surface area contributed by atoms with Crippen LogP contribution in [0.15, 0.2) is 12.4 Å². The number of aryl methyl sites for hydroxylation is 1. The summed E-state index contributed by atoms with van der Waals surface area (Å²) in [5.41, 5.74) is 0. The van der Waals surface area contributed by atoms with E-state index in [-0.39, 0.29) is 0 Å². The number of unbranched alkanes of at least 4 members (excludes halogenated alkanes) is 1. The van der Waals surface area contributed by atoms with Crippen LogP contribution in [0.25, 0.3) is 0 Å². The predicted octanol–water partition coefficient (Wildman–Crippen LogP) is 0.310. The normalized spacial score (nSPS) is 18.3. The molecule has 5 nitrogen and oxygen atoms in total. The fourth-order valence-electron chi connectivity index (χ4n) is 2.37. The first-order valence-corrected chi connectivity index (χ1v) is 6.81. The van der Waals surface area contributed by atoms with Crippen LogP contribution in [0.5, 0.6) is 0 Å². The molecule has 0 bridgehead atoms. The molecule has 102 valence electrons. The molecule has 2 heterocycles. The van der Waals surface area contributed by atoms with Gasteiger partial charge < -0.3 is 14.6 Å². The minimum absolute atomic E-state index is 0.319. The van der Waals surface area contributed by atoms with Crippen molar-refractivity contribution in [1.82, 2.24) is 19.4 Å². The molecule has 1 aromatic rings. The van der Waals surface area contributed by atoms with Gasteiger partial charge in [0.2, 0.25) is 0 Å². The Morgan fingerprint density at radius 3 is 2.50 bits per heavy atom. The maximum absolute atomic E-state index is 8.77. The summed E-state index contributed by atoms with van der Waals surface area (Å²) in [7, 11) is 2.05. The van der Waals surface area contributed by atoms with Crippen LogP contribution in [0, 0.1) is 0 Å². The van der Waals surface area contributed by atoms with E-state index in [4.69, 9.17) is 5.11 Å². The molecule has 18 heavy (non-hydrogen) atoms. The topological polar surface area (TPSA) is 44.5 Å². The van der Waals surface area contributed by atoms with Crippen molar-refractivity contribution in [2.45, 2.75) is 19.4 Å². The molecule has 0 saturated carbocycles. The smallest absolute Gasteiger partial charge is 0.122 e. The Kier molecular flexibility index (Phi) is 5.16. The van der Waals surface area contributed by atoms with Crippen molar-refractivity contribution in [2.24, 2.45) is 7.05 Å². The summed E-state index contributed by atoms with van der Waals surface area (Å²) >= 11 is 0. The molecule has 1 N–H and O–H groups in total. The third-order valence-electron chi connectivity index (χ3n) is 3.63. The van der Waals surface area contributed by atoms with Gasteiger partial charge in [-0.15, -0.1) is 0 Å². The molecular formula is C13H24N4O. The molecule has 0 amide bonds. The van der Waals surface area contributed by atoms with Crippen LogP contribution in [-0.4, -0.2) is 63.8 Å². The SMILES string of the molecule is Cn1ccnc1CN1CCN(CCCCO)CC1.